The molecule has 0 aromatic rings. The zero-order chi connectivity index (χ0) is 24.3. The third-order valence-electron chi connectivity index (χ3n) is 2.54. The Morgan fingerprint density at radius 3 is 0.931 bits per heavy atom. The summed E-state index contributed by atoms with van der Waals surface area (Å²) in [6, 6.07) is 0. The molecule has 6 nitrogen and oxygen atoms in total. The van der Waals surface area contributed by atoms with Crippen LogP contribution in [0.1, 0.15) is 0 Å². The molecule has 0 saturated heterocycles. The van der Waals surface area contributed by atoms with E-state index >= 15 is 0 Å². The normalized spacial score (nSPS) is 16.3. The molecule has 0 aromatic heterocycles. The summed E-state index contributed by atoms with van der Waals surface area (Å²) >= 11 is 0. The fourth-order valence-electron chi connectivity index (χ4n) is 1.41. The molecule has 29 heavy (non-hydrogen) atoms. The van der Waals surface area contributed by atoms with E-state index in [9.17, 15) is 82.3 Å². The van der Waals surface area contributed by atoms with Gasteiger partial charge in [0.1, 0.15) is 5.75 Å². The van der Waals surface area contributed by atoms with Crippen molar-refractivity contribution in [3.8, 4) is 0 Å². The summed E-state index contributed by atoms with van der Waals surface area (Å²) < 4.78 is 223. The molecule has 0 heterocycles. The Labute approximate surface area is 151 Å². The van der Waals surface area contributed by atoms with Gasteiger partial charge in [0.2, 0.25) is 0 Å². The lowest BCUT2D eigenvalue weighted by Crippen LogP contribution is -2.59. The first-order valence-corrected chi connectivity index (χ1v) is 10.5. The highest BCUT2D eigenvalue weighted by molar-refractivity contribution is 8.24. The molecule has 0 bridgehead atoms. The molecule has 0 aliphatic heterocycles. The minimum atomic E-state index is -8.60. The molecule has 176 valence electrons. The van der Waals surface area contributed by atoms with Crippen LogP contribution in [-0.2, 0) is 29.5 Å². The molecule has 0 radical (unpaired) electrons. The van der Waals surface area contributed by atoms with E-state index in [1.807, 2.05) is 0 Å². The average molecular weight is 526 g/mol. The second-order valence-corrected chi connectivity index (χ2v) is 12.0. The van der Waals surface area contributed by atoms with Gasteiger partial charge in [0.25, 0.3) is 23.6 Å². The minimum absolute atomic E-state index is 3.95. The van der Waals surface area contributed by atoms with Crippen molar-refractivity contribution in [2.24, 2.45) is 0 Å². The largest absolute Gasteiger partial charge is 0.469 e. The van der Waals surface area contributed by atoms with Gasteiger partial charge in [-0.3, -0.25) is 0 Å². The van der Waals surface area contributed by atoms with Crippen LogP contribution in [0.15, 0.2) is 0 Å². The van der Waals surface area contributed by atoms with E-state index in [0.29, 0.717) is 0 Å². The van der Waals surface area contributed by atoms with Gasteiger partial charge >= 0.3 is 29.0 Å². The molecule has 0 saturated carbocycles. The summed E-state index contributed by atoms with van der Waals surface area (Å²) in [4.78, 5) is 0. The third kappa shape index (κ3) is 4.82. The van der Waals surface area contributed by atoms with Crippen molar-refractivity contribution in [3.63, 3.8) is 0 Å². The van der Waals surface area contributed by atoms with Gasteiger partial charge in [0.05, 0.1) is 0 Å². The lowest BCUT2D eigenvalue weighted by molar-refractivity contribution is -0.242. The van der Waals surface area contributed by atoms with Crippen LogP contribution in [0.3, 0.4) is 0 Å². The predicted octanol–water partition coefficient (Wildman–Crippen LogP) is 2.39. The monoisotopic (exact) mass is 526 g/mol. The van der Waals surface area contributed by atoms with Crippen LogP contribution >= 0.6 is 0 Å². The van der Waals surface area contributed by atoms with Crippen molar-refractivity contribution >= 4 is 29.5 Å². The molecule has 0 unspecified atom stereocenters. The van der Waals surface area contributed by atoms with Gasteiger partial charge in [-0.1, -0.05) is 0 Å². The lowest BCUT2D eigenvalue weighted by Gasteiger charge is -2.28. The van der Waals surface area contributed by atoms with Gasteiger partial charge in [-0.25, -0.2) is 25.3 Å². The molecule has 0 rings (SSSR count). The maximum atomic E-state index is 13.1. The Kier molecular flexibility index (Phi) is 6.73. The maximum Gasteiger partial charge on any atom is 0.469 e. The summed E-state index contributed by atoms with van der Waals surface area (Å²) in [5, 5.41) is -15.3. The van der Waals surface area contributed by atoms with Crippen LogP contribution in [0.25, 0.3) is 0 Å². The molecule has 0 spiro atoms. The Morgan fingerprint density at radius 2 is 0.759 bits per heavy atom. The average Bonchev–Trinajstić information content (AvgIpc) is 2.30. The summed E-state index contributed by atoms with van der Waals surface area (Å²) in [6.45, 7) is 0. The van der Waals surface area contributed by atoms with Crippen molar-refractivity contribution in [1.29, 1.82) is 0 Å². The van der Waals surface area contributed by atoms with Gasteiger partial charge in [-0.2, -0.15) is 57.1 Å². The van der Waals surface area contributed by atoms with Gasteiger partial charge in [-0.05, 0) is 0 Å². The molecule has 0 fully saturated rings. The summed E-state index contributed by atoms with van der Waals surface area (Å²) in [7, 11) is -24.9. The van der Waals surface area contributed by atoms with Crippen LogP contribution in [0, 0.1) is 0 Å². The maximum absolute atomic E-state index is 13.1. The first kappa shape index (κ1) is 27.9. The zero-order valence-corrected chi connectivity index (χ0v) is 14.8. The molecule has 0 aromatic carbocycles. The quantitative estimate of drug-likeness (QED) is 0.493. The predicted molar refractivity (Wildman–Crippen MR) is 63.5 cm³/mol. The Bertz CT molecular complexity index is 878. The van der Waals surface area contributed by atoms with E-state index in [-0.39, 0.29) is 0 Å². The first-order valence-electron chi connectivity index (χ1n) is 5.71. The Balaban J connectivity index is 7.40. The fraction of sp³-hybridized carbons (Fsp3) is 1.00. The Hall–Kier alpha value is -1.06. The molecular formula is C7H3F13O6S3. The molecule has 0 N–H and O–H groups in total. The van der Waals surface area contributed by atoms with Crippen molar-refractivity contribution < 1.29 is 82.3 Å². The number of alkyl halides is 13. The van der Waals surface area contributed by atoms with E-state index in [4.69, 9.17) is 0 Å². The standard InChI is InChI=1S/C7H3F13O6S3/c8-3(9,10)1-27(21,22)2(28(23,24)6(17,18)4(11,12)13)29(25,26)7(19,20)5(14,15)16/h2H,1H2. The SMILES string of the molecule is O=S(=O)(CC(F)(F)F)C(S(=O)(=O)C(F)(F)C(F)(F)F)S(=O)(=O)C(F)(F)C(F)(F)F. The number of sulfone groups is 3. The third-order valence-corrected chi connectivity index (χ3v) is 11.6. The van der Waals surface area contributed by atoms with Crippen molar-refractivity contribution in [2.75, 3.05) is 5.75 Å². The molecule has 22 heteroatoms. The van der Waals surface area contributed by atoms with E-state index in [1.54, 1.807) is 0 Å². The lowest BCUT2D eigenvalue weighted by atomic mass is 10.7. The highest BCUT2D eigenvalue weighted by Gasteiger charge is 2.79. The highest BCUT2D eigenvalue weighted by atomic mass is 32.3. The van der Waals surface area contributed by atoms with E-state index < -0.39 is 68.2 Å². The fourth-order valence-corrected chi connectivity index (χ4v) is 9.42. The van der Waals surface area contributed by atoms with Gasteiger partial charge in [-0.15, -0.1) is 0 Å². The minimum Gasteiger partial charge on any atom is -0.226 e. The van der Waals surface area contributed by atoms with Gasteiger partial charge in [0.15, 0.2) is 9.84 Å². The molecule has 0 aliphatic carbocycles. The van der Waals surface area contributed by atoms with Crippen LogP contribution in [-0.4, -0.2) is 64.0 Å². The molecule has 0 aliphatic rings. The Morgan fingerprint density at radius 1 is 0.517 bits per heavy atom. The van der Waals surface area contributed by atoms with Crippen molar-refractivity contribution in [2.45, 2.75) is 33.0 Å². The topological polar surface area (TPSA) is 102 Å². The van der Waals surface area contributed by atoms with E-state index in [2.05, 4.69) is 0 Å². The summed E-state index contributed by atoms with van der Waals surface area (Å²) in [6.07, 6.45) is -21.4. The zero-order valence-electron chi connectivity index (χ0n) is 12.4. The first-order chi connectivity index (χ1) is 12.1. The van der Waals surface area contributed by atoms with E-state index in [0.717, 1.165) is 0 Å². The highest BCUT2D eigenvalue weighted by Crippen LogP contribution is 2.49. The van der Waals surface area contributed by atoms with Crippen LogP contribution in [0.5, 0.6) is 0 Å². The van der Waals surface area contributed by atoms with Crippen LogP contribution in [0.2, 0.25) is 0 Å². The molecular weight excluding hydrogens is 523 g/mol. The molecule has 0 atom stereocenters. The van der Waals surface area contributed by atoms with E-state index in [1.165, 1.54) is 0 Å². The number of hydrogen-bond acceptors (Lipinski definition) is 6. The molecule has 0 amide bonds. The summed E-state index contributed by atoms with van der Waals surface area (Å²) in [5.74, 6) is -3.95. The van der Waals surface area contributed by atoms with Crippen molar-refractivity contribution in [1.82, 2.24) is 0 Å². The van der Waals surface area contributed by atoms with Crippen LogP contribution < -0.4 is 0 Å². The number of halogens is 13. The van der Waals surface area contributed by atoms with Gasteiger partial charge < -0.3 is 0 Å². The second kappa shape index (κ2) is 6.99. The second-order valence-electron chi connectivity index (χ2n) is 4.83. The smallest absolute Gasteiger partial charge is 0.226 e. The summed E-state index contributed by atoms with van der Waals surface area (Å²) in [5.41, 5.74) is 0. The number of rotatable bonds is 6. The van der Waals surface area contributed by atoms with Crippen molar-refractivity contribution in [3.05, 3.63) is 0 Å². The van der Waals surface area contributed by atoms with Gasteiger partial charge in [0, 0.05) is 0 Å². The number of hydrogen-bond donors (Lipinski definition) is 0. The van der Waals surface area contributed by atoms with Crippen LogP contribution in [0.4, 0.5) is 57.1 Å².